The van der Waals surface area contributed by atoms with E-state index < -0.39 is 6.04 Å². The van der Waals surface area contributed by atoms with Gasteiger partial charge in [0.25, 0.3) is 0 Å². The largest absolute Gasteiger partial charge is 0.354 e. The fraction of sp³-hybridized carbons (Fsp3) is 0.583. The van der Waals surface area contributed by atoms with Crippen LogP contribution in [0, 0.1) is 5.92 Å². The SMILES string of the molecule is CC(C)C[C@@H](N)C(=O)NCCc1ccc(Cl)s1. The Morgan fingerprint density at radius 3 is 2.76 bits per heavy atom. The summed E-state index contributed by atoms with van der Waals surface area (Å²) in [6.07, 6.45) is 1.52. The number of thiophene rings is 1. The van der Waals surface area contributed by atoms with Gasteiger partial charge in [-0.2, -0.15) is 0 Å². The highest BCUT2D eigenvalue weighted by atomic mass is 35.5. The normalized spacial score (nSPS) is 12.8. The van der Waals surface area contributed by atoms with Crippen LogP contribution in [0.3, 0.4) is 0 Å². The summed E-state index contributed by atoms with van der Waals surface area (Å²) in [6.45, 7) is 4.73. The minimum atomic E-state index is -0.401. The molecule has 3 N–H and O–H groups in total. The third kappa shape index (κ3) is 5.52. The predicted molar refractivity (Wildman–Crippen MR) is 73.5 cm³/mol. The Morgan fingerprint density at radius 2 is 2.24 bits per heavy atom. The first-order valence-corrected chi connectivity index (χ1v) is 6.96. The summed E-state index contributed by atoms with van der Waals surface area (Å²) in [6, 6.07) is 3.45. The Bertz CT molecular complexity index is 365. The number of rotatable bonds is 6. The van der Waals surface area contributed by atoms with Gasteiger partial charge in [-0.3, -0.25) is 4.79 Å². The summed E-state index contributed by atoms with van der Waals surface area (Å²) in [4.78, 5) is 12.8. The lowest BCUT2D eigenvalue weighted by atomic mass is 10.0. The number of nitrogens with two attached hydrogens (primary N) is 1. The van der Waals surface area contributed by atoms with Crippen molar-refractivity contribution < 1.29 is 4.79 Å². The monoisotopic (exact) mass is 274 g/mol. The maximum Gasteiger partial charge on any atom is 0.236 e. The molecule has 96 valence electrons. The molecule has 0 aliphatic heterocycles. The summed E-state index contributed by atoms with van der Waals surface area (Å²) < 4.78 is 0.780. The molecule has 0 aliphatic rings. The standard InChI is InChI=1S/C12H19ClN2OS/c1-8(2)7-10(14)12(16)15-6-5-9-3-4-11(13)17-9/h3-4,8,10H,5-7,14H2,1-2H3,(H,15,16)/t10-/m1/s1. The van der Waals surface area contributed by atoms with Gasteiger partial charge in [-0.1, -0.05) is 25.4 Å². The first kappa shape index (κ1) is 14.5. The molecular formula is C12H19ClN2OS. The summed E-state index contributed by atoms with van der Waals surface area (Å²) in [5.41, 5.74) is 5.77. The number of carbonyl (C=O) groups excluding carboxylic acids is 1. The number of carbonyl (C=O) groups is 1. The number of halogens is 1. The zero-order chi connectivity index (χ0) is 12.8. The van der Waals surface area contributed by atoms with E-state index in [-0.39, 0.29) is 5.91 Å². The molecule has 17 heavy (non-hydrogen) atoms. The van der Waals surface area contributed by atoms with Crippen molar-refractivity contribution in [1.82, 2.24) is 5.32 Å². The van der Waals surface area contributed by atoms with Gasteiger partial charge in [0.1, 0.15) is 0 Å². The first-order valence-electron chi connectivity index (χ1n) is 5.76. The van der Waals surface area contributed by atoms with E-state index in [9.17, 15) is 4.79 Å². The van der Waals surface area contributed by atoms with Gasteiger partial charge in [0.15, 0.2) is 0 Å². The molecule has 1 aromatic heterocycles. The fourth-order valence-corrected chi connectivity index (χ4v) is 2.63. The average Bonchev–Trinajstić information content (AvgIpc) is 2.63. The van der Waals surface area contributed by atoms with E-state index in [2.05, 4.69) is 19.2 Å². The molecule has 1 atom stereocenters. The Balaban J connectivity index is 2.24. The van der Waals surface area contributed by atoms with Crippen LogP contribution >= 0.6 is 22.9 Å². The van der Waals surface area contributed by atoms with Gasteiger partial charge in [0.05, 0.1) is 10.4 Å². The van der Waals surface area contributed by atoms with E-state index in [4.69, 9.17) is 17.3 Å². The van der Waals surface area contributed by atoms with Gasteiger partial charge in [-0.15, -0.1) is 11.3 Å². The van der Waals surface area contributed by atoms with Crippen molar-refractivity contribution in [1.29, 1.82) is 0 Å². The highest BCUT2D eigenvalue weighted by molar-refractivity contribution is 7.16. The predicted octanol–water partition coefficient (Wildman–Crippen LogP) is 2.43. The summed E-state index contributed by atoms with van der Waals surface area (Å²) in [5, 5.41) is 2.85. The van der Waals surface area contributed by atoms with Gasteiger partial charge in [0.2, 0.25) is 5.91 Å². The molecule has 1 amide bonds. The van der Waals surface area contributed by atoms with Crippen molar-refractivity contribution in [3.8, 4) is 0 Å². The maximum absolute atomic E-state index is 11.6. The van der Waals surface area contributed by atoms with Crippen LogP contribution < -0.4 is 11.1 Å². The minimum absolute atomic E-state index is 0.0682. The number of hydrogen-bond acceptors (Lipinski definition) is 3. The van der Waals surface area contributed by atoms with Crippen molar-refractivity contribution in [2.24, 2.45) is 11.7 Å². The number of amides is 1. The Labute approximate surface area is 111 Å². The van der Waals surface area contributed by atoms with Crippen LogP contribution in [-0.2, 0) is 11.2 Å². The molecule has 3 nitrogen and oxygen atoms in total. The highest BCUT2D eigenvalue weighted by Crippen LogP contribution is 2.21. The van der Waals surface area contributed by atoms with Crippen molar-refractivity contribution >= 4 is 28.8 Å². The lowest BCUT2D eigenvalue weighted by Gasteiger charge is -2.13. The van der Waals surface area contributed by atoms with E-state index in [1.807, 2.05) is 12.1 Å². The molecule has 0 aromatic carbocycles. The van der Waals surface area contributed by atoms with Gasteiger partial charge in [0, 0.05) is 11.4 Å². The molecule has 0 aliphatic carbocycles. The Hall–Kier alpha value is -0.580. The second kappa shape index (κ2) is 6.99. The van der Waals surface area contributed by atoms with Crippen molar-refractivity contribution in [2.45, 2.75) is 32.7 Å². The maximum atomic E-state index is 11.6. The molecular weight excluding hydrogens is 256 g/mol. The van der Waals surface area contributed by atoms with E-state index in [0.717, 1.165) is 17.2 Å². The molecule has 0 unspecified atom stereocenters. The van der Waals surface area contributed by atoms with Crippen LogP contribution in [0.15, 0.2) is 12.1 Å². The fourth-order valence-electron chi connectivity index (χ4n) is 1.54. The second-order valence-corrected chi connectivity index (χ2v) is 6.28. The van der Waals surface area contributed by atoms with Gasteiger partial charge in [-0.25, -0.2) is 0 Å². The molecule has 0 fully saturated rings. The van der Waals surface area contributed by atoms with E-state index >= 15 is 0 Å². The second-order valence-electron chi connectivity index (χ2n) is 4.48. The van der Waals surface area contributed by atoms with Gasteiger partial charge >= 0.3 is 0 Å². The molecule has 1 rings (SSSR count). The Kier molecular flexibility index (Phi) is 5.95. The van der Waals surface area contributed by atoms with Crippen LogP contribution in [0.25, 0.3) is 0 Å². The van der Waals surface area contributed by atoms with Gasteiger partial charge in [-0.05, 0) is 30.9 Å². The quantitative estimate of drug-likeness (QED) is 0.837. The van der Waals surface area contributed by atoms with E-state index in [1.165, 1.54) is 4.88 Å². The molecule has 0 radical (unpaired) electrons. The zero-order valence-corrected chi connectivity index (χ0v) is 11.8. The topological polar surface area (TPSA) is 55.1 Å². The third-order valence-electron chi connectivity index (χ3n) is 2.36. The molecule has 0 bridgehead atoms. The average molecular weight is 275 g/mol. The molecule has 0 saturated carbocycles. The number of nitrogens with one attached hydrogen (secondary N) is 1. The van der Waals surface area contributed by atoms with Crippen LogP contribution in [-0.4, -0.2) is 18.5 Å². The summed E-state index contributed by atoms with van der Waals surface area (Å²) >= 11 is 7.36. The molecule has 0 saturated heterocycles. The van der Waals surface area contributed by atoms with Crippen molar-refractivity contribution in [3.05, 3.63) is 21.3 Å². The van der Waals surface area contributed by atoms with Gasteiger partial charge < -0.3 is 11.1 Å². The van der Waals surface area contributed by atoms with Crippen molar-refractivity contribution in [2.75, 3.05) is 6.54 Å². The lowest BCUT2D eigenvalue weighted by Crippen LogP contribution is -2.42. The molecule has 5 heteroatoms. The summed E-state index contributed by atoms with van der Waals surface area (Å²) in [7, 11) is 0. The van der Waals surface area contributed by atoms with Crippen LogP contribution in [0.1, 0.15) is 25.1 Å². The number of hydrogen-bond donors (Lipinski definition) is 2. The molecule has 1 aromatic rings. The summed E-state index contributed by atoms with van der Waals surface area (Å²) in [5.74, 6) is 0.369. The van der Waals surface area contributed by atoms with Crippen LogP contribution in [0.5, 0.6) is 0 Å². The highest BCUT2D eigenvalue weighted by Gasteiger charge is 2.14. The third-order valence-corrected chi connectivity index (χ3v) is 3.65. The lowest BCUT2D eigenvalue weighted by molar-refractivity contribution is -0.122. The minimum Gasteiger partial charge on any atom is -0.354 e. The van der Waals surface area contributed by atoms with Crippen molar-refractivity contribution in [3.63, 3.8) is 0 Å². The van der Waals surface area contributed by atoms with Crippen LogP contribution in [0.4, 0.5) is 0 Å². The zero-order valence-electron chi connectivity index (χ0n) is 10.2. The Morgan fingerprint density at radius 1 is 1.53 bits per heavy atom. The molecule has 1 heterocycles. The van der Waals surface area contributed by atoms with Crippen LogP contribution in [0.2, 0.25) is 4.34 Å². The van der Waals surface area contributed by atoms with E-state index in [0.29, 0.717) is 12.5 Å². The smallest absolute Gasteiger partial charge is 0.236 e. The first-order chi connectivity index (χ1) is 7.99. The molecule has 0 spiro atoms. The van der Waals surface area contributed by atoms with E-state index in [1.54, 1.807) is 11.3 Å².